The van der Waals surface area contributed by atoms with E-state index >= 15 is 0 Å². The van der Waals surface area contributed by atoms with Crippen LogP contribution in [0.4, 0.5) is 0 Å². The topological polar surface area (TPSA) is 57.5 Å². The first kappa shape index (κ1) is 7.43. The average Bonchev–Trinajstić information content (AvgIpc) is 1.31. The third-order valence-electron chi connectivity index (χ3n) is 0.310. The van der Waals surface area contributed by atoms with Crippen molar-refractivity contribution in [1.29, 1.82) is 0 Å². The van der Waals surface area contributed by atoms with Gasteiger partial charge >= 0.3 is 5.97 Å². The van der Waals surface area contributed by atoms with Crippen LogP contribution in [0.5, 0.6) is 0 Å². The zero-order valence-electron chi connectivity index (χ0n) is 5.30. The van der Waals surface area contributed by atoms with Gasteiger partial charge in [-0.05, 0) is 6.92 Å². The zero-order chi connectivity index (χ0) is 6.08. The number of carboxylic acids is 1. The molecule has 0 aliphatic rings. The fraction of sp³-hybridized carbons (Fsp3) is 0.667. The largest absolute Gasteiger partial charge is 0.479 e. The molecule has 0 aliphatic carbocycles. The monoisotopic (exact) mass is 114 g/mol. The maximum Gasteiger partial charge on any atom is 0.332 e. The summed E-state index contributed by atoms with van der Waals surface area (Å²) in [5, 5.41) is 16.0. The summed E-state index contributed by atoms with van der Waals surface area (Å²) in [6.07, 6.45) is -2.33. The van der Waals surface area contributed by atoms with Crippen LogP contribution in [0.3, 0.4) is 0 Å². The van der Waals surface area contributed by atoms with Crippen LogP contribution in [0, 0.1) is 0 Å². The minimum atomic E-state index is -2.33. The Hall–Kier alpha value is 0.430. The van der Waals surface area contributed by atoms with E-state index in [0.29, 0.717) is 0 Å². The number of rotatable bonds is 1. The average molecular weight is 114 g/mol. The molecule has 0 spiro atoms. The Balaban J connectivity index is 0. The maximum absolute atomic E-state index is 9.58. The Labute approximate surface area is 65.0 Å². The van der Waals surface area contributed by atoms with Gasteiger partial charge in [0.2, 0.25) is 0 Å². The van der Waals surface area contributed by atoms with Crippen LogP contribution < -0.4 is 0 Å². The molecule has 0 bridgehead atoms. The molecule has 1 radical (unpaired) electrons. The van der Waals surface area contributed by atoms with Gasteiger partial charge < -0.3 is 10.2 Å². The third kappa shape index (κ3) is 6.43. The van der Waals surface area contributed by atoms with E-state index in [1.165, 1.54) is 0 Å². The summed E-state index contributed by atoms with van der Waals surface area (Å²) >= 11 is 0. The Morgan fingerprint density at radius 1 is 2.00 bits per heavy atom. The Bertz CT molecular complexity index is 87.0. The second kappa shape index (κ2) is 4.59. The van der Waals surface area contributed by atoms with E-state index < -0.39 is 12.0 Å². The van der Waals surface area contributed by atoms with Gasteiger partial charge in [0, 0.05) is 29.6 Å². The van der Waals surface area contributed by atoms with Crippen molar-refractivity contribution in [3.05, 3.63) is 0 Å². The number of carboxylic acid groups (broad SMARTS) is 1. The molecule has 3 nitrogen and oxygen atoms in total. The summed E-state index contributed by atoms with van der Waals surface area (Å²) in [6, 6.07) is 0. The van der Waals surface area contributed by atoms with Gasteiger partial charge in [0.1, 0.15) is 6.08 Å². The van der Waals surface area contributed by atoms with Crippen LogP contribution >= 0.6 is 0 Å². The van der Waals surface area contributed by atoms with Crippen LogP contribution in [0.15, 0.2) is 0 Å². The molecule has 0 aliphatic heterocycles. The minimum absolute atomic E-state index is 0. The predicted molar refractivity (Wildman–Crippen MR) is 25.1 cm³/mol. The summed E-state index contributed by atoms with van der Waals surface area (Å²) in [5.74, 6) is -1.53. The Kier molecular flexibility index (Phi) is 4.87. The quantitative estimate of drug-likeness (QED) is 0.433. The predicted octanol–water partition coefficient (Wildman–Crippen LogP) is -0.929. The second-order valence-electron chi connectivity index (χ2n) is 0.891. The second-order valence-corrected chi connectivity index (χ2v) is 0.891. The molecule has 37 valence electrons. The van der Waals surface area contributed by atoms with Gasteiger partial charge in [-0.2, -0.15) is 0 Å². The number of hydrogen-bond donors (Lipinski definition) is 2. The molecule has 0 heterocycles. The van der Waals surface area contributed by atoms with Crippen molar-refractivity contribution < 1.29 is 16.4 Å². The van der Waals surface area contributed by atoms with E-state index in [1.54, 1.807) is 0 Å². The van der Waals surface area contributed by atoms with Gasteiger partial charge in [-0.15, -0.1) is 0 Å². The van der Waals surface area contributed by atoms with Crippen molar-refractivity contribution in [2.75, 3.05) is 0 Å². The van der Waals surface area contributed by atoms with Crippen molar-refractivity contribution in [3.63, 3.8) is 0 Å². The van der Waals surface area contributed by atoms with Gasteiger partial charge in [0.15, 0.2) is 0 Å². The normalized spacial score (nSPS) is 18.3. The Morgan fingerprint density at radius 3 is 2.14 bits per heavy atom. The molecule has 0 fully saturated rings. The van der Waals surface area contributed by atoms with Crippen molar-refractivity contribution in [3.8, 4) is 0 Å². The van der Waals surface area contributed by atoms with Crippen molar-refractivity contribution in [2.45, 2.75) is 13.0 Å². The number of aliphatic carboxylic acids is 1. The van der Waals surface area contributed by atoms with Gasteiger partial charge in [-0.3, -0.25) is 0 Å². The molecule has 0 amide bonds. The number of hydrogen-bond acceptors (Lipinski definition) is 2. The molecule has 0 aromatic carbocycles. The molecule has 2 N–H and O–H groups in total. The molecule has 0 saturated heterocycles. The SMILES string of the molecule is [2H][C@@](C)(O)C(=O)O.[Na]. The van der Waals surface area contributed by atoms with E-state index in [4.69, 9.17) is 11.6 Å². The molecule has 0 rings (SSSR count). The van der Waals surface area contributed by atoms with Gasteiger partial charge in [-0.1, -0.05) is 0 Å². The fourth-order valence-corrected chi connectivity index (χ4v) is 0. The molecule has 0 saturated carbocycles. The smallest absolute Gasteiger partial charge is 0.332 e. The summed E-state index contributed by atoms with van der Waals surface area (Å²) in [5.41, 5.74) is 0. The van der Waals surface area contributed by atoms with Crippen LogP contribution in [0.25, 0.3) is 0 Å². The minimum Gasteiger partial charge on any atom is -0.479 e. The van der Waals surface area contributed by atoms with Crippen LogP contribution in [0.1, 0.15) is 8.29 Å². The summed E-state index contributed by atoms with van der Waals surface area (Å²) in [6.45, 7) is 0.884. The van der Waals surface area contributed by atoms with Crippen LogP contribution in [-0.2, 0) is 4.79 Å². The van der Waals surface area contributed by atoms with Crippen LogP contribution in [0.2, 0.25) is 0 Å². The molecule has 0 aromatic heterocycles. The molecule has 7 heavy (non-hydrogen) atoms. The van der Waals surface area contributed by atoms with Crippen molar-refractivity contribution in [1.82, 2.24) is 0 Å². The molecule has 0 unspecified atom stereocenters. The summed E-state index contributed by atoms with van der Waals surface area (Å²) in [4.78, 5) is 9.58. The molecule has 0 aromatic rings. The van der Waals surface area contributed by atoms with E-state index in [9.17, 15) is 4.79 Å². The van der Waals surface area contributed by atoms with Crippen molar-refractivity contribution >= 4 is 35.5 Å². The first-order valence-electron chi connectivity index (χ1n) is 1.90. The zero-order valence-corrected chi connectivity index (χ0v) is 6.30. The van der Waals surface area contributed by atoms with E-state index in [2.05, 4.69) is 0 Å². The standard InChI is InChI=1S/C3H6O3.Na/c1-2(4)3(5)6;/h2,4H,1H3,(H,5,6);/t2-;/m0./s1/i2D;. The molecule has 1 atom stereocenters. The van der Waals surface area contributed by atoms with E-state index in [-0.39, 0.29) is 29.6 Å². The van der Waals surface area contributed by atoms with Gasteiger partial charge in [0.05, 0.1) is 1.37 Å². The number of aliphatic hydroxyl groups is 1. The Morgan fingerprint density at radius 2 is 2.14 bits per heavy atom. The summed E-state index contributed by atoms with van der Waals surface area (Å²) in [7, 11) is 0. The first-order valence-corrected chi connectivity index (χ1v) is 1.40. The fourth-order valence-electron chi connectivity index (χ4n) is 0. The molecular weight excluding hydrogens is 107 g/mol. The van der Waals surface area contributed by atoms with E-state index in [0.717, 1.165) is 6.92 Å². The summed E-state index contributed by atoms with van der Waals surface area (Å²) < 4.78 is 6.34. The third-order valence-corrected chi connectivity index (χ3v) is 0.310. The first-order chi connectivity index (χ1) is 2.94. The molecular formula is C3H6NaO3. The number of carbonyl (C=O) groups is 1. The van der Waals surface area contributed by atoms with E-state index in [1.807, 2.05) is 0 Å². The van der Waals surface area contributed by atoms with Gasteiger partial charge in [-0.25, -0.2) is 4.79 Å². The van der Waals surface area contributed by atoms with Gasteiger partial charge in [0.25, 0.3) is 0 Å². The van der Waals surface area contributed by atoms with Crippen LogP contribution in [-0.4, -0.2) is 51.8 Å². The molecule has 4 heteroatoms. The van der Waals surface area contributed by atoms with Crippen molar-refractivity contribution in [2.24, 2.45) is 0 Å². The maximum atomic E-state index is 9.58.